The van der Waals surface area contributed by atoms with Gasteiger partial charge in [0.05, 0.1) is 10.7 Å². The number of pyridine rings is 1. The number of piperidine rings is 1. The molecule has 0 aliphatic carbocycles. The maximum absolute atomic E-state index is 4.84. The Morgan fingerprint density at radius 1 is 1.20 bits per heavy atom. The van der Waals surface area contributed by atoms with Crippen molar-refractivity contribution in [2.75, 3.05) is 32.7 Å². The topological polar surface area (TPSA) is 65.4 Å². The van der Waals surface area contributed by atoms with Gasteiger partial charge in [-0.1, -0.05) is 13.0 Å². The molecule has 2 aromatic rings. The number of nitrogens with zero attached hydrogens (tertiary/aromatic N) is 4. The Kier molecular flexibility index (Phi) is 11.6. The molecule has 0 amide bonds. The average Bonchev–Trinajstić information content (AvgIpc) is 3.21. The number of rotatable bonds is 9. The van der Waals surface area contributed by atoms with Gasteiger partial charge in [0, 0.05) is 49.9 Å². The summed E-state index contributed by atoms with van der Waals surface area (Å²) >= 11 is 1.79. The van der Waals surface area contributed by atoms with Crippen molar-refractivity contribution in [1.29, 1.82) is 0 Å². The molecule has 8 heteroatoms. The van der Waals surface area contributed by atoms with Gasteiger partial charge in [-0.05, 0) is 57.3 Å². The summed E-state index contributed by atoms with van der Waals surface area (Å²) in [5, 5.41) is 10.3. The van der Waals surface area contributed by atoms with E-state index >= 15 is 0 Å². The third-order valence-corrected chi connectivity index (χ3v) is 6.29. The smallest absolute Gasteiger partial charge is 0.191 e. The van der Waals surface area contributed by atoms with Crippen LogP contribution in [0, 0.1) is 5.92 Å². The van der Waals surface area contributed by atoms with E-state index in [-0.39, 0.29) is 24.0 Å². The molecule has 2 N–H and O–H groups in total. The Labute approximate surface area is 202 Å². The van der Waals surface area contributed by atoms with Crippen LogP contribution in [0.2, 0.25) is 0 Å². The first-order valence-electron chi connectivity index (χ1n) is 10.8. The van der Waals surface area contributed by atoms with E-state index in [9.17, 15) is 0 Å². The first kappa shape index (κ1) is 25.0. The van der Waals surface area contributed by atoms with Gasteiger partial charge < -0.3 is 10.6 Å². The number of guanidine groups is 1. The molecule has 166 valence electrons. The van der Waals surface area contributed by atoms with Gasteiger partial charge in [0.15, 0.2) is 5.96 Å². The summed E-state index contributed by atoms with van der Waals surface area (Å²) < 4.78 is 0. The first-order chi connectivity index (χ1) is 14.3. The highest BCUT2D eigenvalue weighted by Crippen LogP contribution is 2.20. The predicted octanol–water partition coefficient (Wildman–Crippen LogP) is 3.73. The fourth-order valence-corrected chi connectivity index (χ4v) is 4.29. The van der Waals surface area contributed by atoms with Gasteiger partial charge in [-0.3, -0.25) is 14.9 Å². The summed E-state index contributed by atoms with van der Waals surface area (Å²) in [7, 11) is 0. The number of halogens is 1. The van der Waals surface area contributed by atoms with Crippen LogP contribution in [0.5, 0.6) is 0 Å². The Morgan fingerprint density at radius 3 is 2.70 bits per heavy atom. The molecule has 2 aromatic heterocycles. The molecule has 3 heterocycles. The van der Waals surface area contributed by atoms with Gasteiger partial charge in [-0.15, -0.1) is 35.3 Å². The van der Waals surface area contributed by atoms with Crippen molar-refractivity contribution >= 4 is 41.3 Å². The molecule has 1 saturated heterocycles. The Balaban J connectivity index is 0.00000320. The zero-order chi connectivity index (χ0) is 20.3. The van der Waals surface area contributed by atoms with Gasteiger partial charge in [-0.25, -0.2) is 4.98 Å². The largest absolute Gasteiger partial charge is 0.357 e. The van der Waals surface area contributed by atoms with E-state index in [0.717, 1.165) is 63.8 Å². The van der Waals surface area contributed by atoms with Gasteiger partial charge in [-0.2, -0.15) is 0 Å². The summed E-state index contributed by atoms with van der Waals surface area (Å²) in [5.41, 5.74) is 2.34. The molecule has 0 atom stereocenters. The van der Waals surface area contributed by atoms with Crippen molar-refractivity contribution < 1.29 is 0 Å². The molecule has 0 spiro atoms. The van der Waals surface area contributed by atoms with Gasteiger partial charge in [0.2, 0.25) is 0 Å². The highest BCUT2D eigenvalue weighted by Gasteiger charge is 2.20. The van der Waals surface area contributed by atoms with Crippen molar-refractivity contribution in [3.8, 4) is 0 Å². The van der Waals surface area contributed by atoms with Crippen LogP contribution < -0.4 is 10.6 Å². The molecule has 30 heavy (non-hydrogen) atoms. The third-order valence-electron chi connectivity index (χ3n) is 5.25. The van der Waals surface area contributed by atoms with Crippen molar-refractivity contribution in [3.63, 3.8) is 0 Å². The second-order valence-electron chi connectivity index (χ2n) is 7.52. The van der Waals surface area contributed by atoms with E-state index in [0.29, 0.717) is 5.92 Å². The molecule has 0 saturated carbocycles. The number of hydrogen-bond donors (Lipinski definition) is 2. The van der Waals surface area contributed by atoms with Crippen LogP contribution in [-0.2, 0) is 19.4 Å². The predicted molar refractivity (Wildman–Crippen MR) is 137 cm³/mol. The SMILES string of the molecule is CCNC(=NCC1CCN(Cc2csc(CC)n2)CC1)NCCc1ccccn1.I. The lowest BCUT2D eigenvalue weighted by molar-refractivity contribution is 0.179. The van der Waals surface area contributed by atoms with Gasteiger partial charge in [0.25, 0.3) is 0 Å². The number of likely N-dealkylation sites (tertiary alicyclic amines) is 1. The van der Waals surface area contributed by atoms with E-state index in [4.69, 9.17) is 9.98 Å². The van der Waals surface area contributed by atoms with Crippen molar-refractivity contribution in [1.82, 2.24) is 25.5 Å². The molecule has 0 radical (unpaired) electrons. The van der Waals surface area contributed by atoms with Gasteiger partial charge >= 0.3 is 0 Å². The van der Waals surface area contributed by atoms with Crippen LogP contribution in [0.15, 0.2) is 34.8 Å². The number of thiazole rings is 1. The van der Waals surface area contributed by atoms with Crippen molar-refractivity contribution in [2.24, 2.45) is 10.9 Å². The van der Waals surface area contributed by atoms with Crippen molar-refractivity contribution in [3.05, 3.63) is 46.2 Å². The van der Waals surface area contributed by atoms with Crippen LogP contribution in [0.1, 0.15) is 43.1 Å². The summed E-state index contributed by atoms with van der Waals surface area (Å²) in [6.45, 7) is 10.2. The molecular weight excluding hydrogens is 507 g/mol. The maximum atomic E-state index is 4.84. The van der Waals surface area contributed by atoms with Crippen molar-refractivity contribution in [2.45, 2.75) is 46.1 Å². The minimum Gasteiger partial charge on any atom is -0.357 e. The lowest BCUT2D eigenvalue weighted by atomic mass is 9.97. The number of aliphatic imine (C=N–C) groups is 1. The zero-order valence-corrected chi connectivity index (χ0v) is 21.3. The molecule has 6 nitrogen and oxygen atoms in total. The zero-order valence-electron chi connectivity index (χ0n) is 18.1. The van der Waals surface area contributed by atoms with Gasteiger partial charge in [0.1, 0.15) is 0 Å². The molecule has 3 rings (SSSR count). The molecular formula is C22H35IN6S. The third kappa shape index (κ3) is 8.47. The summed E-state index contributed by atoms with van der Waals surface area (Å²) in [6, 6.07) is 6.05. The van der Waals surface area contributed by atoms with Crippen LogP contribution >= 0.6 is 35.3 Å². The number of nitrogens with one attached hydrogen (secondary N) is 2. The molecule has 1 aliphatic rings. The van der Waals surface area contributed by atoms with E-state index in [2.05, 4.69) is 45.8 Å². The molecule has 1 fully saturated rings. The molecule has 0 aromatic carbocycles. The van der Waals surface area contributed by atoms with E-state index < -0.39 is 0 Å². The fourth-order valence-electron chi connectivity index (χ4n) is 3.56. The normalized spacial score (nSPS) is 15.6. The fraction of sp³-hybridized carbons (Fsp3) is 0.591. The van der Waals surface area contributed by atoms with Crippen LogP contribution in [0.25, 0.3) is 0 Å². The minimum absolute atomic E-state index is 0. The van der Waals surface area contributed by atoms with Crippen LogP contribution in [0.4, 0.5) is 0 Å². The number of hydrogen-bond acceptors (Lipinski definition) is 5. The minimum atomic E-state index is 0. The highest BCUT2D eigenvalue weighted by molar-refractivity contribution is 14.0. The Bertz CT molecular complexity index is 743. The molecule has 0 unspecified atom stereocenters. The van der Waals surface area contributed by atoms with Crippen LogP contribution in [-0.4, -0.2) is 53.6 Å². The summed E-state index contributed by atoms with van der Waals surface area (Å²) in [4.78, 5) is 16.5. The summed E-state index contributed by atoms with van der Waals surface area (Å²) in [5.74, 6) is 1.58. The standard InChI is InChI=1S/C22H34N6S.HI/c1-3-21-27-20(17-29-21)16-28-13-9-18(10-14-28)15-26-22(23-4-2)25-12-8-19-7-5-6-11-24-19;/h5-7,11,17-18H,3-4,8-10,12-16H2,1-2H3,(H2,23,25,26);1H. The number of aromatic nitrogens is 2. The maximum Gasteiger partial charge on any atom is 0.191 e. The lowest BCUT2D eigenvalue weighted by Gasteiger charge is -2.30. The Morgan fingerprint density at radius 2 is 2.03 bits per heavy atom. The monoisotopic (exact) mass is 542 g/mol. The van der Waals surface area contributed by atoms with E-state index in [1.54, 1.807) is 11.3 Å². The van der Waals surface area contributed by atoms with Crippen LogP contribution in [0.3, 0.4) is 0 Å². The van der Waals surface area contributed by atoms with E-state index in [1.807, 2.05) is 18.3 Å². The average molecular weight is 543 g/mol. The molecule has 1 aliphatic heterocycles. The Hall–Kier alpha value is -1.26. The highest BCUT2D eigenvalue weighted by atomic mass is 127. The number of aryl methyl sites for hydroxylation is 1. The van der Waals surface area contributed by atoms with E-state index in [1.165, 1.54) is 23.5 Å². The first-order valence-corrected chi connectivity index (χ1v) is 11.7. The second-order valence-corrected chi connectivity index (χ2v) is 8.47. The molecule has 0 bridgehead atoms. The second kappa shape index (κ2) is 13.9. The summed E-state index contributed by atoms with van der Waals surface area (Å²) in [6.07, 6.45) is 6.20. The quantitative estimate of drug-likeness (QED) is 0.287. The lowest BCUT2D eigenvalue weighted by Crippen LogP contribution is -2.39.